The molecule has 0 fully saturated rings. The van der Waals surface area contributed by atoms with Gasteiger partial charge in [0.15, 0.2) is 0 Å². The minimum absolute atomic E-state index is 1.18. The van der Waals surface area contributed by atoms with Crippen LogP contribution in [0.3, 0.4) is 0 Å². The van der Waals surface area contributed by atoms with E-state index in [0.717, 1.165) is 0 Å². The maximum absolute atomic E-state index is 2.45. The van der Waals surface area contributed by atoms with Gasteiger partial charge in [-0.3, -0.25) is 0 Å². The summed E-state index contributed by atoms with van der Waals surface area (Å²) in [6.45, 7) is 0. The van der Waals surface area contributed by atoms with Crippen molar-refractivity contribution in [3.05, 3.63) is 485 Å². The molecule has 0 unspecified atom stereocenters. The molecule has 0 aromatic heterocycles. The van der Waals surface area contributed by atoms with Gasteiger partial charge in [-0.05, 0) is 281 Å². The molecular formula is C120H80. The van der Waals surface area contributed by atoms with Crippen LogP contribution in [0.15, 0.2) is 485 Å². The van der Waals surface area contributed by atoms with Crippen molar-refractivity contribution in [1.82, 2.24) is 0 Å². The average Bonchev–Trinajstić information content (AvgIpc) is 0.725. The third-order valence-electron chi connectivity index (χ3n) is 24.1. The van der Waals surface area contributed by atoms with Gasteiger partial charge in [-0.25, -0.2) is 0 Å². The van der Waals surface area contributed by atoms with Crippen LogP contribution >= 0.6 is 0 Å². The summed E-state index contributed by atoms with van der Waals surface area (Å²) in [7, 11) is 0. The monoisotopic (exact) mass is 1520 g/mol. The van der Waals surface area contributed by atoms with Crippen LogP contribution in [0.4, 0.5) is 0 Å². The predicted octanol–water partition coefficient (Wildman–Crippen LogP) is 33.6. The second-order valence-electron chi connectivity index (χ2n) is 31.2. The maximum atomic E-state index is 2.45. The molecule has 0 aliphatic heterocycles. The van der Waals surface area contributed by atoms with Crippen LogP contribution in [-0.4, -0.2) is 0 Å². The first-order chi connectivity index (χ1) is 59.6. The molecule has 0 N–H and O–H groups in total. The molecule has 120 heavy (non-hydrogen) atoms. The summed E-state index contributed by atoms with van der Waals surface area (Å²) in [6.07, 6.45) is 0. The third-order valence-corrected chi connectivity index (χ3v) is 24.1. The summed E-state index contributed by atoms with van der Waals surface area (Å²) in [5, 5.41) is 14.8. The van der Waals surface area contributed by atoms with Crippen molar-refractivity contribution in [2.45, 2.75) is 0 Å². The Morgan fingerprint density at radius 2 is 0.258 bits per heavy atom. The molecule has 0 radical (unpaired) electrons. The second-order valence-corrected chi connectivity index (χ2v) is 31.2. The zero-order chi connectivity index (χ0) is 79.7. The highest BCUT2D eigenvalue weighted by Gasteiger charge is 2.27. The Hall–Kier alpha value is -15.6. The Balaban J connectivity index is 0.000000151. The van der Waals surface area contributed by atoms with Gasteiger partial charge in [-0.1, -0.05) is 425 Å². The number of rotatable bonds is 14. The first kappa shape index (κ1) is 72.1. The summed E-state index contributed by atoms with van der Waals surface area (Å²) in [4.78, 5) is 0. The van der Waals surface area contributed by atoms with E-state index in [1.807, 2.05) is 0 Å². The number of hydrogen-bond donors (Lipinski definition) is 0. The van der Waals surface area contributed by atoms with Crippen molar-refractivity contribution >= 4 is 64.6 Å². The Bertz CT molecular complexity index is 6960. The number of fused-ring (bicyclic) bond motifs is 6. The molecule has 0 amide bonds. The van der Waals surface area contributed by atoms with Gasteiger partial charge < -0.3 is 0 Å². The molecular weight excluding hydrogens is 1440 g/mol. The summed E-state index contributed by atoms with van der Waals surface area (Å²) in [5.41, 5.74) is 34.0. The molecule has 0 nitrogen and oxygen atoms in total. The molecule has 0 saturated heterocycles. The van der Waals surface area contributed by atoms with E-state index >= 15 is 0 Å². The summed E-state index contributed by atoms with van der Waals surface area (Å²) in [5.74, 6) is 0. The lowest BCUT2D eigenvalue weighted by atomic mass is 9.79. The van der Waals surface area contributed by atoms with Crippen molar-refractivity contribution in [1.29, 1.82) is 0 Å². The van der Waals surface area contributed by atoms with Crippen LogP contribution in [0.2, 0.25) is 0 Å². The van der Waals surface area contributed by atoms with Crippen LogP contribution < -0.4 is 0 Å². The van der Waals surface area contributed by atoms with Gasteiger partial charge in [0.25, 0.3) is 0 Å². The Kier molecular flexibility index (Phi) is 19.2. The SMILES string of the molecule is c1ccc(-c2cc(-c3c4ccccc4c(-c4cc(-c5ccccc5)c(-c5ccccc5)c(-c5ccccc5)c4)c4cc5ccccc5cc34)cc(-c3ccccc3)c2-c2ccccc2)cc1.c1ccc(-c2ccc(-c3c4ccccc4c(-c4ccc(-c5ccccc5)c(-c5ccccc5)c4)c4cc5ccccc5cc34)cc2-c2ccccc2)cc1. The second kappa shape index (κ2) is 31.9. The number of hydrogen-bond acceptors (Lipinski definition) is 0. The van der Waals surface area contributed by atoms with Gasteiger partial charge in [0.1, 0.15) is 0 Å². The fraction of sp³-hybridized carbons (Fsp3) is 0. The van der Waals surface area contributed by atoms with Crippen LogP contribution in [-0.2, 0) is 0 Å². The molecule has 22 rings (SSSR count). The average molecular weight is 1520 g/mol. The highest BCUT2D eigenvalue weighted by Crippen LogP contribution is 2.54. The quantitative estimate of drug-likeness (QED) is 0.0952. The van der Waals surface area contributed by atoms with E-state index in [9.17, 15) is 0 Å². The normalized spacial score (nSPS) is 11.3. The van der Waals surface area contributed by atoms with Crippen LogP contribution in [0.1, 0.15) is 0 Å². The molecule has 560 valence electrons. The lowest BCUT2D eigenvalue weighted by Gasteiger charge is -2.23. The Morgan fingerprint density at radius 3 is 0.492 bits per heavy atom. The molecule has 0 heterocycles. The first-order valence-electron chi connectivity index (χ1n) is 41.5. The minimum atomic E-state index is 1.18. The van der Waals surface area contributed by atoms with E-state index in [1.54, 1.807) is 0 Å². The lowest BCUT2D eigenvalue weighted by Crippen LogP contribution is -1.97. The Labute approximate surface area is 700 Å². The van der Waals surface area contributed by atoms with Gasteiger partial charge in [-0.15, -0.1) is 0 Å². The Morgan fingerprint density at radius 1 is 0.0833 bits per heavy atom. The highest BCUT2D eigenvalue weighted by atomic mass is 14.3. The molecule has 0 heteroatoms. The van der Waals surface area contributed by atoms with Crippen LogP contribution in [0, 0.1) is 0 Å². The van der Waals surface area contributed by atoms with Gasteiger partial charge in [0, 0.05) is 0 Å². The highest BCUT2D eigenvalue weighted by molar-refractivity contribution is 6.26. The zero-order valence-electron chi connectivity index (χ0n) is 66.2. The smallest absolute Gasteiger partial charge is 0.00257 e. The van der Waals surface area contributed by atoms with Crippen molar-refractivity contribution in [3.8, 4) is 156 Å². The molecule has 22 aromatic rings. The summed E-state index contributed by atoms with van der Waals surface area (Å²) in [6, 6.07) is 178. The van der Waals surface area contributed by atoms with E-state index in [4.69, 9.17) is 0 Å². The molecule has 0 saturated carbocycles. The first-order valence-corrected chi connectivity index (χ1v) is 41.5. The van der Waals surface area contributed by atoms with Gasteiger partial charge in [0.2, 0.25) is 0 Å². The lowest BCUT2D eigenvalue weighted by molar-refractivity contribution is 1.55. The summed E-state index contributed by atoms with van der Waals surface area (Å²) < 4.78 is 0. The van der Waals surface area contributed by atoms with Gasteiger partial charge >= 0.3 is 0 Å². The molecule has 0 spiro atoms. The van der Waals surface area contributed by atoms with E-state index in [0.29, 0.717) is 0 Å². The van der Waals surface area contributed by atoms with E-state index in [-0.39, 0.29) is 0 Å². The van der Waals surface area contributed by atoms with E-state index in [2.05, 4.69) is 485 Å². The topological polar surface area (TPSA) is 0 Å². The van der Waals surface area contributed by atoms with E-state index in [1.165, 1.54) is 220 Å². The molecule has 0 bridgehead atoms. The van der Waals surface area contributed by atoms with Crippen molar-refractivity contribution in [2.75, 3.05) is 0 Å². The molecule has 0 atom stereocenters. The molecule has 22 aromatic carbocycles. The maximum Gasteiger partial charge on any atom is -0.00257 e. The van der Waals surface area contributed by atoms with Crippen LogP contribution in [0.5, 0.6) is 0 Å². The fourth-order valence-corrected chi connectivity index (χ4v) is 18.6. The van der Waals surface area contributed by atoms with Crippen molar-refractivity contribution in [3.63, 3.8) is 0 Å². The van der Waals surface area contributed by atoms with Gasteiger partial charge in [-0.2, -0.15) is 0 Å². The minimum Gasteiger partial charge on any atom is -0.0622 e. The van der Waals surface area contributed by atoms with Gasteiger partial charge in [0.05, 0.1) is 0 Å². The van der Waals surface area contributed by atoms with Crippen molar-refractivity contribution < 1.29 is 0 Å². The molecule has 0 aliphatic carbocycles. The molecule has 0 aliphatic rings. The zero-order valence-corrected chi connectivity index (χ0v) is 66.2. The number of benzene rings is 22. The predicted molar refractivity (Wildman–Crippen MR) is 514 cm³/mol. The summed E-state index contributed by atoms with van der Waals surface area (Å²) >= 11 is 0. The standard InChI is InChI=1S/C66H44.C54H36/c1-7-23-45(24-8-1)57-41-53(42-58(46-25-9-2-10-26-46)63(57)49-31-15-5-16-32-49)65-55-37-21-22-38-56(55)66(62-40-52-36-20-19-35-51(52)39-61(62)65)54-43-59(47-27-11-3-12-28-47)64(50-33-17-6-18-34-50)60(44-54)48-29-13-4-14-30-48;1-5-17-37(18-6-1)45-31-29-43(35-49(45)39-21-9-3-10-22-39)53-47-27-15-16-28-48(47)54(52-34-42-26-14-13-25-41(42)33-51(52)53)44-30-32-46(38-19-7-2-8-20-38)50(36-44)40-23-11-4-12-24-40/h1-44H;1-36H. The largest absolute Gasteiger partial charge is 0.0622 e. The van der Waals surface area contributed by atoms with E-state index < -0.39 is 0 Å². The fourth-order valence-electron chi connectivity index (χ4n) is 18.6. The van der Waals surface area contributed by atoms with Crippen LogP contribution in [0.25, 0.3) is 220 Å². The van der Waals surface area contributed by atoms with Crippen molar-refractivity contribution in [2.24, 2.45) is 0 Å². The third kappa shape index (κ3) is 13.6.